The molecule has 5 rings (SSSR count). The lowest BCUT2D eigenvalue weighted by Crippen LogP contribution is -2.05. The fourth-order valence-electron chi connectivity index (χ4n) is 4.03. The van der Waals surface area contributed by atoms with Gasteiger partial charge in [-0.1, -0.05) is 17.4 Å². The number of fused-ring (bicyclic) bond motifs is 3. The van der Waals surface area contributed by atoms with Crippen molar-refractivity contribution in [2.75, 3.05) is 17.7 Å². The second-order valence-corrected chi connectivity index (χ2v) is 8.71. The Morgan fingerprint density at radius 1 is 1.22 bits per heavy atom. The van der Waals surface area contributed by atoms with Gasteiger partial charge >= 0.3 is 0 Å². The second-order valence-electron chi connectivity index (χ2n) is 7.71. The molecule has 0 saturated heterocycles. The summed E-state index contributed by atoms with van der Waals surface area (Å²) in [6, 6.07) is 8.01. The molecular weight excluding hydrogens is 422 g/mol. The van der Waals surface area contributed by atoms with E-state index < -0.39 is 0 Å². The smallest absolute Gasteiger partial charge is 0.223 e. The van der Waals surface area contributed by atoms with E-state index in [1.165, 1.54) is 23.8 Å². The number of rotatable bonds is 5. The Hall–Kier alpha value is -3.59. The zero-order valence-electron chi connectivity index (χ0n) is 17.9. The van der Waals surface area contributed by atoms with Crippen LogP contribution in [0.25, 0.3) is 21.8 Å². The number of aromatic nitrogens is 5. The quantitative estimate of drug-likeness (QED) is 0.482. The van der Waals surface area contributed by atoms with E-state index in [0.29, 0.717) is 11.7 Å². The highest BCUT2D eigenvalue weighted by molar-refractivity contribution is 7.19. The first-order chi connectivity index (χ1) is 15.6. The molecule has 0 radical (unpaired) electrons. The molecule has 32 heavy (non-hydrogen) atoms. The summed E-state index contributed by atoms with van der Waals surface area (Å²) in [5.41, 5.74) is 6.29. The number of nitrogens with zero attached hydrogens (tertiary/aromatic N) is 5. The first-order valence-electron chi connectivity index (χ1n) is 10.5. The Kier molecular flexibility index (Phi) is 5.40. The number of aryl methyl sites for hydroxylation is 1. The van der Waals surface area contributed by atoms with Crippen LogP contribution in [0.15, 0.2) is 42.9 Å². The van der Waals surface area contributed by atoms with Crippen LogP contribution < -0.4 is 10.6 Å². The summed E-state index contributed by atoms with van der Waals surface area (Å²) in [6.07, 6.45) is 8.24. The summed E-state index contributed by atoms with van der Waals surface area (Å²) in [5.74, 6) is 0.703. The predicted molar refractivity (Wildman–Crippen MR) is 126 cm³/mol. The van der Waals surface area contributed by atoms with E-state index in [4.69, 9.17) is 10.1 Å². The molecule has 9 heteroatoms. The molecule has 2 N–H and O–H groups in total. The SMILES string of the molecule is CNc1ccc(-c2nn(Cc3cccnc3)c3c2CCCc2nc(NC(C)=O)sc2-3)cn1. The van der Waals surface area contributed by atoms with Crippen LogP contribution in [0.2, 0.25) is 0 Å². The van der Waals surface area contributed by atoms with Crippen LogP contribution in [-0.2, 0) is 24.2 Å². The molecule has 4 heterocycles. The largest absolute Gasteiger partial charge is 0.373 e. The van der Waals surface area contributed by atoms with Crippen LogP contribution in [0.5, 0.6) is 0 Å². The first kappa shape index (κ1) is 20.3. The summed E-state index contributed by atoms with van der Waals surface area (Å²) in [6.45, 7) is 2.11. The third-order valence-corrected chi connectivity index (χ3v) is 6.45. The van der Waals surface area contributed by atoms with Gasteiger partial charge in [0, 0.05) is 43.7 Å². The number of carbonyl (C=O) groups excluding carboxylic acids is 1. The number of hydrogen-bond donors (Lipinski definition) is 2. The van der Waals surface area contributed by atoms with Crippen LogP contribution in [0.4, 0.5) is 10.9 Å². The van der Waals surface area contributed by atoms with Crippen molar-refractivity contribution in [1.29, 1.82) is 0 Å². The summed E-state index contributed by atoms with van der Waals surface area (Å²) >= 11 is 1.51. The molecule has 4 aromatic rings. The van der Waals surface area contributed by atoms with E-state index in [2.05, 4.69) is 32.7 Å². The number of nitrogens with one attached hydrogen (secondary N) is 2. The van der Waals surface area contributed by atoms with Gasteiger partial charge in [0.05, 0.1) is 28.5 Å². The maximum absolute atomic E-state index is 11.6. The Balaban J connectivity index is 1.67. The monoisotopic (exact) mass is 445 g/mol. The lowest BCUT2D eigenvalue weighted by molar-refractivity contribution is -0.114. The highest BCUT2D eigenvalue weighted by atomic mass is 32.1. The fraction of sp³-hybridized carbons (Fsp3) is 0.261. The molecule has 8 nitrogen and oxygen atoms in total. The highest BCUT2D eigenvalue weighted by Crippen LogP contribution is 2.42. The number of hydrogen-bond acceptors (Lipinski definition) is 7. The van der Waals surface area contributed by atoms with Crippen molar-refractivity contribution in [2.24, 2.45) is 0 Å². The molecule has 0 spiro atoms. The van der Waals surface area contributed by atoms with Gasteiger partial charge < -0.3 is 10.6 Å². The summed E-state index contributed by atoms with van der Waals surface area (Å²) < 4.78 is 2.05. The molecule has 0 aliphatic heterocycles. The van der Waals surface area contributed by atoms with Gasteiger partial charge in [-0.3, -0.25) is 14.5 Å². The normalized spacial score (nSPS) is 12.6. The van der Waals surface area contributed by atoms with Gasteiger partial charge in [0.25, 0.3) is 0 Å². The van der Waals surface area contributed by atoms with Crippen LogP contribution in [-0.4, -0.2) is 37.7 Å². The summed E-state index contributed by atoms with van der Waals surface area (Å²) in [4.78, 5) is 26.1. The van der Waals surface area contributed by atoms with E-state index in [1.807, 2.05) is 36.3 Å². The summed E-state index contributed by atoms with van der Waals surface area (Å²) in [5, 5.41) is 11.6. The highest BCUT2D eigenvalue weighted by Gasteiger charge is 2.28. The van der Waals surface area contributed by atoms with E-state index in [-0.39, 0.29) is 5.91 Å². The third kappa shape index (κ3) is 3.87. The van der Waals surface area contributed by atoms with Gasteiger partial charge in [0.2, 0.25) is 5.91 Å². The molecule has 0 fully saturated rings. The molecule has 0 aromatic carbocycles. The van der Waals surface area contributed by atoms with E-state index >= 15 is 0 Å². The third-order valence-electron chi connectivity index (χ3n) is 5.43. The Morgan fingerprint density at radius 3 is 2.84 bits per heavy atom. The molecule has 162 valence electrons. The molecule has 1 aliphatic rings. The van der Waals surface area contributed by atoms with Crippen molar-refractivity contribution in [3.05, 3.63) is 59.7 Å². The number of amides is 1. The van der Waals surface area contributed by atoms with Crippen molar-refractivity contribution < 1.29 is 4.79 Å². The molecular formula is C23H23N7OS. The minimum atomic E-state index is -0.116. The molecule has 1 aliphatic carbocycles. The average Bonchev–Trinajstić information content (AvgIpc) is 3.29. The second kappa shape index (κ2) is 8.51. The van der Waals surface area contributed by atoms with Crippen LogP contribution in [0.3, 0.4) is 0 Å². The zero-order valence-corrected chi connectivity index (χ0v) is 18.7. The van der Waals surface area contributed by atoms with Gasteiger partial charge in [-0.15, -0.1) is 0 Å². The minimum absolute atomic E-state index is 0.116. The summed E-state index contributed by atoms with van der Waals surface area (Å²) in [7, 11) is 1.86. The molecule has 0 saturated carbocycles. The van der Waals surface area contributed by atoms with E-state index in [9.17, 15) is 4.79 Å². The van der Waals surface area contributed by atoms with Gasteiger partial charge in [0.1, 0.15) is 5.82 Å². The average molecular weight is 446 g/mol. The standard InChI is InChI=1S/C23H23N7OS/c1-14(31)27-23-28-18-7-3-6-17-20(16-8-9-19(24-2)26-12-16)29-30(21(17)22(18)32-23)13-15-5-4-10-25-11-15/h4-5,8-12H,3,6-7,13H2,1-2H3,(H,24,26)(H,27,28,31). The topological polar surface area (TPSA) is 97.6 Å². The lowest BCUT2D eigenvalue weighted by atomic mass is 10.0. The number of thiazole rings is 1. The minimum Gasteiger partial charge on any atom is -0.373 e. The van der Waals surface area contributed by atoms with Crippen molar-refractivity contribution in [3.63, 3.8) is 0 Å². The Morgan fingerprint density at radius 2 is 2.12 bits per heavy atom. The van der Waals surface area contributed by atoms with Gasteiger partial charge in [0.15, 0.2) is 5.13 Å². The fourth-order valence-corrected chi connectivity index (χ4v) is 5.16. The Bertz CT molecular complexity index is 1260. The molecule has 0 unspecified atom stereocenters. The molecule has 0 atom stereocenters. The Labute approximate surface area is 189 Å². The number of carbonyl (C=O) groups is 1. The number of pyridine rings is 2. The number of anilines is 2. The zero-order chi connectivity index (χ0) is 22.1. The van der Waals surface area contributed by atoms with Crippen molar-refractivity contribution in [3.8, 4) is 21.8 Å². The maximum atomic E-state index is 11.6. The van der Waals surface area contributed by atoms with Gasteiger partial charge in [-0.2, -0.15) is 5.10 Å². The van der Waals surface area contributed by atoms with E-state index in [1.54, 1.807) is 6.20 Å². The molecule has 0 bridgehead atoms. The van der Waals surface area contributed by atoms with Crippen LogP contribution in [0, 0.1) is 0 Å². The van der Waals surface area contributed by atoms with Crippen molar-refractivity contribution >= 4 is 28.2 Å². The van der Waals surface area contributed by atoms with Gasteiger partial charge in [-0.25, -0.2) is 9.97 Å². The van der Waals surface area contributed by atoms with Crippen LogP contribution >= 0.6 is 11.3 Å². The van der Waals surface area contributed by atoms with Crippen molar-refractivity contribution in [2.45, 2.75) is 32.7 Å². The maximum Gasteiger partial charge on any atom is 0.223 e. The lowest BCUT2D eigenvalue weighted by Gasteiger charge is -2.07. The first-order valence-corrected chi connectivity index (χ1v) is 11.3. The predicted octanol–water partition coefficient (Wildman–Crippen LogP) is 4.00. The van der Waals surface area contributed by atoms with E-state index in [0.717, 1.165) is 58.2 Å². The van der Waals surface area contributed by atoms with Crippen molar-refractivity contribution in [1.82, 2.24) is 24.7 Å². The molecule has 1 amide bonds. The van der Waals surface area contributed by atoms with Gasteiger partial charge in [-0.05, 0) is 43.0 Å². The van der Waals surface area contributed by atoms with Crippen LogP contribution in [0.1, 0.15) is 30.2 Å². The molecule has 4 aromatic heterocycles.